The number of amides is 1. The molecule has 4 aliphatic rings. The Labute approximate surface area is 234 Å². The summed E-state index contributed by atoms with van der Waals surface area (Å²) in [5, 5.41) is 13.4. The van der Waals surface area contributed by atoms with Gasteiger partial charge in [-0.3, -0.25) is 4.79 Å². The number of likely N-dealkylation sites (N-methyl/N-ethyl adjacent to an activating group) is 1. The van der Waals surface area contributed by atoms with E-state index in [1.165, 1.54) is 57.8 Å². The highest BCUT2D eigenvalue weighted by Crippen LogP contribution is 2.67. The third kappa shape index (κ3) is 6.60. The third-order valence-corrected chi connectivity index (χ3v) is 11.6. The van der Waals surface area contributed by atoms with E-state index in [9.17, 15) is 9.90 Å². The van der Waals surface area contributed by atoms with Crippen LogP contribution >= 0.6 is 12.4 Å². The topological polar surface area (TPSA) is 52.6 Å². The number of nitrogens with one attached hydrogen (secondary N) is 1. The fraction of sp³-hybridized carbons (Fsp3) is 0.906. The molecule has 4 rings (SSSR count). The molecule has 9 atom stereocenters. The van der Waals surface area contributed by atoms with Crippen molar-refractivity contribution < 1.29 is 9.90 Å². The Morgan fingerprint density at radius 2 is 1.86 bits per heavy atom. The lowest BCUT2D eigenvalue weighted by atomic mass is 9.47. The van der Waals surface area contributed by atoms with Gasteiger partial charge < -0.3 is 15.3 Å². The second kappa shape index (κ2) is 12.7. The molecule has 2 N–H and O–H groups in total. The Morgan fingerprint density at radius 3 is 2.59 bits per heavy atom. The first-order valence-electron chi connectivity index (χ1n) is 15.3. The summed E-state index contributed by atoms with van der Waals surface area (Å²) in [6, 6.07) is 0. The Kier molecular flexibility index (Phi) is 10.6. The lowest BCUT2D eigenvalue weighted by molar-refractivity contribution is -0.121. The standard InChI is InChI=1S/C32H56N2O2.ClH/c1-22(20-30(36)33-18-19-34(5)6)8-7-9-23(2)27-12-13-28-26-11-10-24-21-25(35)14-16-31(24,3)29(26)15-17-32(27,28)4;/h10,22-23,25-29,35H,7-9,11-21H2,1-6H3,(H,33,36);1H/t22?,23-,25+,26+,27-,28+,29+,31+,32-;/m1./s1. The summed E-state index contributed by atoms with van der Waals surface area (Å²) in [5.74, 6) is 4.91. The number of fused-ring (bicyclic) bond motifs is 5. The molecule has 0 aromatic heterocycles. The number of aliphatic hydroxyl groups is 1. The summed E-state index contributed by atoms with van der Waals surface area (Å²) >= 11 is 0. The molecule has 214 valence electrons. The van der Waals surface area contributed by atoms with Crippen molar-refractivity contribution in [3.63, 3.8) is 0 Å². The predicted molar refractivity (Wildman–Crippen MR) is 157 cm³/mol. The van der Waals surface area contributed by atoms with Gasteiger partial charge in [0, 0.05) is 19.5 Å². The minimum Gasteiger partial charge on any atom is -0.393 e. The van der Waals surface area contributed by atoms with Crippen LogP contribution in [0.4, 0.5) is 0 Å². The lowest BCUT2D eigenvalue weighted by Crippen LogP contribution is -2.50. The number of carbonyl (C=O) groups excluding carboxylic acids is 1. The van der Waals surface area contributed by atoms with Crippen molar-refractivity contribution in [2.24, 2.45) is 46.3 Å². The van der Waals surface area contributed by atoms with Gasteiger partial charge >= 0.3 is 0 Å². The molecular weight excluding hydrogens is 480 g/mol. The van der Waals surface area contributed by atoms with E-state index in [0.29, 0.717) is 23.2 Å². The molecular formula is C32H57ClN2O2. The summed E-state index contributed by atoms with van der Waals surface area (Å²) in [6.45, 7) is 11.6. The minimum absolute atomic E-state index is 0. The van der Waals surface area contributed by atoms with E-state index < -0.39 is 0 Å². The van der Waals surface area contributed by atoms with Gasteiger partial charge in [0.25, 0.3) is 0 Å². The highest BCUT2D eigenvalue weighted by Gasteiger charge is 2.59. The van der Waals surface area contributed by atoms with Crippen LogP contribution in [-0.4, -0.2) is 49.2 Å². The molecule has 0 saturated heterocycles. The maximum atomic E-state index is 12.2. The van der Waals surface area contributed by atoms with E-state index in [1.54, 1.807) is 5.57 Å². The molecule has 3 saturated carbocycles. The molecule has 0 radical (unpaired) electrons. The summed E-state index contributed by atoms with van der Waals surface area (Å²) in [6.07, 6.45) is 16.9. The molecule has 3 fully saturated rings. The van der Waals surface area contributed by atoms with E-state index in [4.69, 9.17) is 0 Å². The molecule has 0 aliphatic heterocycles. The maximum Gasteiger partial charge on any atom is 0.220 e. The molecule has 1 unspecified atom stereocenters. The Balaban J connectivity index is 0.00000380. The van der Waals surface area contributed by atoms with Crippen LogP contribution < -0.4 is 5.32 Å². The minimum atomic E-state index is -0.105. The number of carbonyl (C=O) groups is 1. The van der Waals surface area contributed by atoms with Crippen molar-refractivity contribution in [3.05, 3.63) is 11.6 Å². The van der Waals surface area contributed by atoms with Crippen molar-refractivity contribution >= 4 is 18.3 Å². The quantitative estimate of drug-likeness (QED) is 0.300. The van der Waals surface area contributed by atoms with E-state index in [1.807, 2.05) is 14.1 Å². The van der Waals surface area contributed by atoms with E-state index in [2.05, 4.69) is 44.0 Å². The maximum absolute atomic E-state index is 12.2. The number of rotatable bonds is 10. The number of hydrogen-bond donors (Lipinski definition) is 2. The summed E-state index contributed by atoms with van der Waals surface area (Å²) in [7, 11) is 4.08. The van der Waals surface area contributed by atoms with Crippen molar-refractivity contribution in [2.75, 3.05) is 27.2 Å². The van der Waals surface area contributed by atoms with Crippen molar-refractivity contribution in [2.45, 2.75) is 111 Å². The Hall–Kier alpha value is -0.580. The van der Waals surface area contributed by atoms with Gasteiger partial charge in [-0.15, -0.1) is 12.4 Å². The molecule has 5 heteroatoms. The fourth-order valence-electron chi connectivity index (χ4n) is 9.52. The highest BCUT2D eigenvalue weighted by atomic mass is 35.5. The smallest absolute Gasteiger partial charge is 0.220 e. The predicted octanol–water partition coefficient (Wildman–Crippen LogP) is 6.86. The van der Waals surface area contributed by atoms with Crippen LogP contribution in [-0.2, 0) is 4.79 Å². The second-order valence-electron chi connectivity index (χ2n) is 14.3. The molecule has 0 aromatic carbocycles. The van der Waals surface area contributed by atoms with Gasteiger partial charge in [0.2, 0.25) is 5.91 Å². The van der Waals surface area contributed by atoms with E-state index in [-0.39, 0.29) is 24.4 Å². The average molecular weight is 537 g/mol. The normalized spacial score (nSPS) is 38.5. The first-order chi connectivity index (χ1) is 17.0. The zero-order valence-electron chi connectivity index (χ0n) is 24.7. The monoisotopic (exact) mass is 536 g/mol. The van der Waals surface area contributed by atoms with E-state index in [0.717, 1.165) is 55.5 Å². The SMILES string of the molecule is CC(CCC[C@@H](C)[C@H]1CC[C@H]2[C@@H]3CC=C4C[C@@H](O)CC[C@]4(C)[C@H]3CC[C@]12C)CC(=O)NCCN(C)C.Cl. The van der Waals surface area contributed by atoms with Crippen LogP contribution in [0.3, 0.4) is 0 Å². The Morgan fingerprint density at radius 1 is 1.11 bits per heavy atom. The second-order valence-corrected chi connectivity index (χ2v) is 14.3. The fourth-order valence-corrected chi connectivity index (χ4v) is 9.52. The zero-order valence-corrected chi connectivity index (χ0v) is 25.5. The first-order valence-corrected chi connectivity index (χ1v) is 15.3. The molecule has 0 spiro atoms. The van der Waals surface area contributed by atoms with Gasteiger partial charge in [0.15, 0.2) is 0 Å². The molecule has 4 aliphatic carbocycles. The number of halogens is 1. The number of nitrogens with zero attached hydrogens (tertiary/aromatic N) is 1. The van der Waals surface area contributed by atoms with Crippen molar-refractivity contribution in [3.8, 4) is 0 Å². The molecule has 37 heavy (non-hydrogen) atoms. The molecule has 4 nitrogen and oxygen atoms in total. The summed E-state index contributed by atoms with van der Waals surface area (Å²) < 4.78 is 0. The van der Waals surface area contributed by atoms with Crippen LogP contribution in [0.15, 0.2) is 11.6 Å². The van der Waals surface area contributed by atoms with Crippen molar-refractivity contribution in [1.29, 1.82) is 0 Å². The largest absolute Gasteiger partial charge is 0.393 e. The van der Waals surface area contributed by atoms with Gasteiger partial charge in [-0.05, 0) is 112 Å². The lowest BCUT2D eigenvalue weighted by Gasteiger charge is -2.58. The molecule has 0 aromatic rings. The number of allylic oxidation sites excluding steroid dienone is 1. The Bertz CT molecular complexity index is 800. The highest BCUT2D eigenvalue weighted by molar-refractivity contribution is 5.85. The number of hydrogen-bond acceptors (Lipinski definition) is 3. The third-order valence-electron chi connectivity index (χ3n) is 11.6. The van der Waals surface area contributed by atoms with Crippen LogP contribution in [0, 0.1) is 46.3 Å². The first kappa shape index (κ1) is 31.0. The van der Waals surface area contributed by atoms with Crippen LogP contribution in [0.1, 0.15) is 105 Å². The summed E-state index contributed by atoms with van der Waals surface area (Å²) in [5.41, 5.74) is 2.45. The summed E-state index contributed by atoms with van der Waals surface area (Å²) in [4.78, 5) is 14.3. The average Bonchev–Trinajstić information content (AvgIpc) is 3.16. The zero-order chi connectivity index (χ0) is 26.1. The molecule has 0 bridgehead atoms. The van der Waals surface area contributed by atoms with Crippen molar-refractivity contribution in [1.82, 2.24) is 10.2 Å². The van der Waals surface area contributed by atoms with Gasteiger partial charge in [0.05, 0.1) is 6.10 Å². The van der Waals surface area contributed by atoms with Gasteiger partial charge in [-0.2, -0.15) is 0 Å². The molecule has 1 amide bonds. The van der Waals surface area contributed by atoms with Crippen LogP contribution in [0.5, 0.6) is 0 Å². The number of aliphatic hydroxyl groups excluding tert-OH is 1. The van der Waals surface area contributed by atoms with Gasteiger partial charge in [-0.25, -0.2) is 0 Å². The van der Waals surface area contributed by atoms with E-state index >= 15 is 0 Å². The van der Waals surface area contributed by atoms with Crippen LogP contribution in [0.25, 0.3) is 0 Å². The van der Waals surface area contributed by atoms with Gasteiger partial charge in [0.1, 0.15) is 0 Å². The van der Waals surface area contributed by atoms with Gasteiger partial charge in [-0.1, -0.05) is 58.6 Å². The van der Waals surface area contributed by atoms with Crippen LogP contribution in [0.2, 0.25) is 0 Å². The molecule has 0 heterocycles.